The molecule has 0 bridgehead atoms. The molecule has 0 aromatic rings. The van der Waals surface area contributed by atoms with Gasteiger partial charge in [-0.3, -0.25) is 9.59 Å². The van der Waals surface area contributed by atoms with Gasteiger partial charge in [0.2, 0.25) is 0 Å². The molecule has 2 N–H and O–H groups in total. The van der Waals surface area contributed by atoms with Crippen LogP contribution in [0.15, 0.2) is 25.3 Å². The van der Waals surface area contributed by atoms with Gasteiger partial charge in [-0.1, -0.05) is 13.2 Å². The summed E-state index contributed by atoms with van der Waals surface area (Å²) in [7, 11) is 0. The fraction of sp³-hybridized carbons (Fsp3) is 0.778. The summed E-state index contributed by atoms with van der Waals surface area (Å²) >= 11 is 0. The fourth-order valence-corrected chi connectivity index (χ4v) is 4.04. The molecule has 302 valence electrons. The Balaban J connectivity index is 4.32. The van der Waals surface area contributed by atoms with E-state index in [9.17, 15) is 29.4 Å². The minimum absolute atomic E-state index is 0.0696. The van der Waals surface area contributed by atoms with Crippen molar-refractivity contribution in [1.82, 2.24) is 0 Å². The zero-order valence-electron chi connectivity index (χ0n) is 31.7. The summed E-state index contributed by atoms with van der Waals surface area (Å²) in [5, 5.41) is 19.1. The Morgan fingerprint density at radius 2 is 0.769 bits per heavy atom. The molecular weight excluding hydrogens is 688 g/mol. The molecule has 0 amide bonds. The molecule has 0 saturated carbocycles. The van der Waals surface area contributed by atoms with Crippen LogP contribution in [0.1, 0.15) is 67.2 Å². The van der Waals surface area contributed by atoms with Crippen molar-refractivity contribution in [2.45, 2.75) is 116 Å². The molecule has 0 aromatic carbocycles. The van der Waals surface area contributed by atoms with Gasteiger partial charge in [0.15, 0.2) is 0 Å². The summed E-state index contributed by atoms with van der Waals surface area (Å²) in [6.07, 6.45) is -1.25. The zero-order chi connectivity index (χ0) is 39.3. The van der Waals surface area contributed by atoms with Gasteiger partial charge >= 0.3 is 23.9 Å². The number of hydrogen-bond acceptors (Lipinski definition) is 16. The summed E-state index contributed by atoms with van der Waals surface area (Å²) < 4.78 is 54.6. The maximum Gasteiger partial charge on any atom is 0.330 e. The number of rotatable bonds is 33. The lowest BCUT2D eigenvalue weighted by atomic mass is 10.2. The lowest BCUT2D eigenvalue weighted by Crippen LogP contribution is -2.32. The first kappa shape index (κ1) is 49.0. The number of aliphatic hydroxyl groups excluding tert-OH is 2. The quantitative estimate of drug-likeness (QED) is 0.0428. The summed E-state index contributed by atoms with van der Waals surface area (Å²) in [6, 6.07) is 0. The van der Waals surface area contributed by atoms with Gasteiger partial charge in [-0.25, -0.2) is 9.59 Å². The van der Waals surface area contributed by atoms with Gasteiger partial charge in [0.1, 0.15) is 36.6 Å². The van der Waals surface area contributed by atoms with Crippen LogP contribution in [-0.4, -0.2) is 149 Å². The van der Waals surface area contributed by atoms with Crippen LogP contribution in [-0.2, 0) is 66.5 Å². The second-order valence-electron chi connectivity index (χ2n) is 12.5. The van der Waals surface area contributed by atoms with Crippen molar-refractivity contribution in [2.24, 2.45) is 0 Å². The first-order chi connectivity index (χ1) is 24.6. The number of carbonyl (C=O) groups excluding carboxylic acids is 4. The smallest absolute Gasteiger partial charge is 0.330 e. The number of aliphatic hydroxyl groups is 2. The molecule has 0 aliphatic heterocycles. The van der Waals surface area contributed by atoms with Gasteiger partial charge in [-0.2, -0.15) is 0 Å². The minimum Gasteiger partial charge on any atom is -0.460 e. The third kappa shape index (κ3) is 29.6. The lowest BCUT2D eigenvalue weighted by molar-refractivity contribution is -0.155. The van der Waals surface area contributed by atoms with Crippen molar-refractivity contribution in [3.05, 3.63) is 25.3 Å². The second kappa shape index (κ2) is 30.5. The molecule has 0 aromatic heterocycles. The van der Waals surface area contributed by atoms with E-state index in [2.05, 4.69) is 13.2 Å². The van der Waals surface area contributed by atoms with E-state index in [-0.39, 0.29) is 78.9 Å². The van der Waals surface area contributed by atoms with Crippen LogP contribution in [0.5, 0.6) is 0 Å². The molecule has 8 atom stereocenters. The Morgan fingerprint density at radius 1 is 0.481 bits per heavy atom. The molecule has 0 fully saturated rings. The van der Waals surface area contributed by atoms with Gasteiger partial charge in [-0.15, -0.1) is 0 Å². The van der Waals surface area contributed by atoms with E-state index < -0.39 is 72.7 Å². The van der Waals surface area contributed by atoms with Crippen LogP contribution in [0.4, 0.5) is 0 Å². The number of esters is 4. The number of unbranched alkanes of at least 4 members (excludes halogenated alkanes) is 1. The van der Waals surface area contributed by atoms with Crippen molar-refractivity contribution < 1.29 is 76.8 Å². The molecule has 0 radical (unpaired) electrons. The predicted molar refractivity (Wildman–Crippen MR) is 187 cm³/mol. The van der Waals surface area contributed by atoms with E-state index in [1.54, 1.807) is 41.5 Å². The minimum atomic E-state index is -0.688. The molecule has 0 saturated heterocycles. The van der Waals surface area contributed by atoms with E-state index in [1.807, 2.05) is 0 Å². The standard InChI is InChI=1S/C36H62O16/c1-9-33(39)49-27(5)17-43-21-31(47-15-25(3)37)23-45-19-29(7)51-35(41)13-11-12-14-36(42)52-30(8)20-46-24-32(48-16-26(4)38)22-44-18-28(6)50-34(40)10-2/h9-10,25-32,37-38H,1-2,11-24H2,3-8H3. The topological polar surface area (TPSA) is 201 Å². The van der Waals surface area contributed by atoms with Crippen LogP contribution in [0.2, 0.25) is 0 Å². The van der Waals surface area contributed by atoms with Crippen molar-refractivity contribution in [1.29, 1.82) is 0 Å². The highest BCUT2D eigenvalue weighted by molar-refractivity contribution is 5.81. The second-order valence-corrected chi connectivity index (χ2v) is 12.5. The fourth-order valence-electron chi connectivity index (χ4n) is 4.04. The lowest BCUT2D eigenvalue weighted by Gasteiger charge is -2.21. The molecule has 0 spiro atoms. The summed E-state index contributed by atoms with van der Waals surface area (Å²) in [5.74, 6) is -1.96. The largest absolute Gasteiger partial charge is 0.460 e. The van der Waals surface area contributed by atoms with Crippen LogP contribution in [0.3, 0.4) is 0 Å². The van der Waals surface area contributed by atoms with E-state index in [0.717, 1.165) is 12.2 Å². The Bertz CT molecular complexity index is 925. The van der Waals surface area contributed by atoms with Gasteiger partial charge in [-0.05, 0) is 54.4 Å². The SMILES string of the molecule is C=CC(=O)OC(C)COCC(COCC(C)OC(=O)CCCCC(=O)OC(C)COCC(COCC(C)OC(=O)C=C)OCC(C)O)OCC(C)O. The third-order valence-electron chi connectivity index (χ3n) is 6.42. The van der Waals surface area contributed by atoms with E-state index in [4.69, 9.17) is 47.4 Å². The summed E-state index contributed by atoms with van der Waals surface area (Å²) in [4.78, 5) is 47.2. The Morgan fingerprint density at radius 3 is 1.04 bits per heavy atom. The highest BCUT2D eigenvalue weighted by Crippen LogP contribution is 2.08. The third-order valence-corrected chi connectivity index (χ3v) is 6.42. The molecule has 0 rings (SSSR count). The van der Waals surface area contributed by atoms with Crippen LogP contribution >= 0.6 is 0 Å². The number of hydrogen-bond donors (Lipinski definition) is 2. The molecule has 0 heterocycles. The summed E-state index contributed by atoms with van der Waals surface area (Å²) in [6.45, 7) is 17.7. The Kier molecular flexibility index (Phi) is 28.8. The van der Waals surface area contributed by atoms with Gasteiger partial charge in [0, 0.05) is 25.0 Å². The number of carbonyl (C=O) groups is 4. The molecular formula is C36H62O16. The first-order valence-electron chi connectivity index (χ1n) is 17.6. The average molecular weight is 751 g/mol. The van der Waals surface area contributed by atoms with Gasteiger partial charge in [0.05, 0.1) is 78.3 Å². The van der Waals surface area contributed by atoms with Crippen LogP contribution in [0.25, 0.3) is 0 Å². The van der Waals surface area contributed by atoms with Crippen molar-refractivity contribution >= 4 is 23.9 Å². The van der Waals surface area contributed by atoms with Gasteiger partial charge < -0.3 is 57.6 Å². The number of ether oxygens (including phenoxy) is 10. The van der Waals surface area contributed by atoms with Crippen molar-refractivity contribution in [3.63, 3.8) is 0 Å². The predicted octanol–water partition coefficient (Wildman–Crippen LogP) is 2.24. The maximum absolute atomic E-state index is 12.3. The molecule has 0 aliphatic rings. The Hall–Kier alpha value is -2.96. The molecule has 52 heavy (non-hydrogen) atoms. The van der Waals surface area contributed by atoms with E-state index in [0.29, 0.717) is 12.8 Å². The molecule has 8 unspecified atom stereocenters. The normalized spacial score (nSPS) is 15.9. The highest BCUT2D eigenvalue weighted by Gasteiger charge is 2.18. The zero-order valence-corrected chi connectivity index (χ0v) is 31.7. The molecule has 0 aliphatic carbocycles. The molecule has 16 heteroatoms. The van der Waals surface area contributed by atoms with E-state index >= 15 is 0 Å². The van der Waals surface area contributed by atoms with Crippen molar-refractivity contribution in [2.75, 3.05) is 66.1 Å². The average Bonchev–Trinajstić information content (AvgIpc) is 3.07. The Labute approximate surface area is 308 Å². The van der Waals surface area contributed by atoms with Crippen LogP contribution < -0.4 is 0 Å². The first-order valence-corrected chi connectivity index (χ1v) is 17.6. The van der Waals surface area contributed by atoms with Crippen LogP contribution in [0, 0.1) is 0 Å². The van der Waals surface area contributed by atoms with Crippen molar-refractivity contribution in [3.8, 4) is 0 Å². The maximum atomic E-state index is 12.3. The van der Waals surface area contributed by atoms with Gasteiger partial charge in [0.25, 0.3) is 0 Å². The van der Waals surface area contributed by atoms with E-state index in [1.165, 1.54) is 0 Å². The summed E-state index contributed by atoms with van der Waals surface area (Å²) in [5.41, 5.74) is 0. The highest BCUT2D eigenvalue weighted by atomic mass is 16.6. The monoisotopic (exact) mass is 750 g/mol. The molecule has 16 nitrogen and oxygen atoms in total.